The summed E-state index contributed by atoms with van der Waals surface area (Å²) in [6, 6.07) is 8.07. The molecule has 0 aliphatic rings. The molecule has 0 unspecified atom stereocenters. The van der Waals surface area contributed by atoms with Gasteiger partial charge in [-0.25, -0.2) is 4.79 Å². The first kappa shape index (κ1) is 23.7. The monoisotopic (exact) mass is 498 g/mol. The van der Waals surface area contributed by atoms with Crippen molar-refractivity contribution < 1.29 is 33.4 Å². The zero-order chi connectivity index (χ0) is 26.8. The Bertz CT molecular complexity index is 1970. The first-order chi connectivity index (χ1) is 17.5. The molecule has 3 aromatic carbocycles. The molecule has 0 aliphatic heterocycles. The Labute approximate surface area is 207 Å². The predicted octanol–water partition coefficient (Wildman–Crippen LogP) is 4.84. The van der Waals surface area contributed by atoms with E-state index in [4.69, 9.17) is 8.83 Å². The summed E-state index contributed by atoms with van der Waals surface area (Å²) in [4.78, 5) is 64.8. The van der Waals surface area contributed by atoms with Gasteiger partial charge < -0.3 is 19.0 Å². The number of benzene rings is 3. The van der Waals surface area contributed by atoms with Gasteiger partial charge in [-0.2, -0.15) is 0 Å². The molecule has 0 fully saturated rings. The number of rotatable bonds is 4. The van der Waals surface area contributed by atoms with Gasteiger partial charge in [-0.1, -0.05) is 6.07 Å². The van der Waals surface area contributed by atoms with Gasteiger partial charge in [-0.3, -0.25) is 19.2 Å². The number of aromatic carboxylic acids is 1. The van der Waals surface area contributed by atoms with Crippen molar-refractivity contribution in [3.63, 3.8) is 0 Å². The summed E-state index contributed by atoms with van der Waals surface area (Å²) in [5, 5.41) is 19.3. The summed E-state index contributed by atoms with van der Waals surface area (Å²) in [5.41, 5.74) is -2.03. The molecule has 37 heavy (non-hydrogen) atoms. The van der Waals surface area contributed by atoms with E-state index in [0.29, 0.717) is 5.56 Å². The molecule has 0 spiro atoms. The second kappa shape index (κ2) is 8.27. The molecule has 0 atom stereocenters. The molecule has 0 radical (unpaired) electrons. The van der Waals surface area contributed by atoms with Crippen molar-refractivity contribution in [1.82, 2.24) is 0 Å². The molecule has 2 heterocycles. The Morgan fingerprint density at radius 2 is 1.54 bits per heavy atom. The van der Waals surface area contributed by atoms with Crippen LogP contribution in [0.3, 0.4) is 0 Å². The zero-order valence-corrected chi connectivity index (χ0v) is 19.8. The largest absolute Gasteiger partial charge is 0.508 e. The molecular formula is C28H18O9. The van der Waals surface area contributed by atoms with Crippen LogP contribution in [-0.2, 0) is 0 Å². The second-order valence-electron chi connectivity index (χ2n) is 8.69. The maximum absolute atomic E-state index is 13.7. The summed E-state index contributed by atoms with van der Waals surface area (Å²) < 4.78 is 11.5. The van der Waals surface area contributed by atoms with Gasteiger partial charge in [0.25, 0.3) is 0 Å². The smallest absolute Gasteiger partial charge is 0.336 e. The van der Waals surface area contributed by atoms with Gasteiger partial charge in [0.1, 0.15) is 28.8 Å². The van der Waals surface area contributed by atoms with Gasteiger partial charge in [0.15, 0.2) is 11.6 Å². The van der Waals surface area contributed by atoms with Crippen molar-refractivity contribution in [2.24, 2.45) is 0 Å². The van der Waals surface area contributed by atoms with Crippen molar-refractivity contribution in [2.45, 2.75) is 20.8 Å². The molecule has 9 nitrogen and oxygen atoms in total. The molecule has 0 aliphatic carbocycles. The van der Waals surface area contributed by atoms with Crippen LogP contribution in [0.15, 0.2) is 61.1 Å². The van der Waals surface area contributed by atoms with E-state index in [9.17, 15) is 34.2 Å². The number of carbonyl (C=O) groups excluding carboxylic acids is 2. The molecule has 9 heteroatoms. The van der Waals surface area contributed by atoms with Crippen molar-refractivity contribution >= 4 is 50.4 Å². The molecule has 0 amide bonds. The number of Topliss-reactive ketones (excluding diaryl/α,β-unsaturated/α-hetero) is 2. The lowest BCUT2D eigenvalue weighted by Gasteiger charge is -2.15. The lowest BCUT2D eigenvalue weighted by Crippen LogP contribution is -2.16. The van der Waals surface area contributed by atoms with Crippen LogP contribution in [0.5, 0.6) is 5.75 Å². The van der Waals surface area contributed by atoms with E-state index in [1.807, 2.05) is 0 Å². The first-order valence-electron chi connectivity index (χ1n) is 11.1. The third-order valence-corrected chi connectivity index (χ3v) is 6.31. The van der Waals surface area contributed by atoms with E-state index in [0.717, 1.165) is 6.26 Å². The van der Waals surface area contributed by atoms with Gasteiger partial charge in [0, 0.05) is 11.1 Å². The molecule has 5 rings (SSSR count). The number of phenolic OH excluding ortho intramolecular Hbond substituents is 1. The standard InChI is InChI=1S/C28H18O9/c1-11-4-6-20-24(21(11)28(34)35)26(33)18(10-36-20)23-15(12(2)29)9-17-25(32)16-8-14(31)5-7-19(16)37-27(17)22(23)13(3)30/h4-10,31H,1-3H3,(H,34,35). The number of carboxylic acid groups (broad SMARTS) is 1. The highest BCUT2D eigenvalue weighted by Crippen LogP contribution is 2.35. The number of phenols is 1. The van der Waals surface area contributed by atoms with Crippen molar-refractivity contribution in [1.29, 1.82) is 0 Å². The highest BCUT2D eigenvalue weighted by Gasteiger charge is 2.28. The minimum atomic E-state index is -1.34. The van der Waals surface area contributed by atoms with Crippen LogP contribution >= 0.6 is 0 Å². The van der Waals surface area contributed by atoms with Crippen LogP contribution in [0.4, 0.5) is 0 Å². The fourth-order valence-corrected chi connectivity index (χ4v) is 4.64. The summed E-state index contributed by atoms with van der Waals surface area (Å²) in [7, 11) is 0. The Hall–Kier alpha value is -5.05. The zero-order valence-electron chi connectivity index (χ0n) is 19.8. The van der Waals surface area contributed by atoms with Gasteiger partial charge in [0.05, 0.1) is 32.8 Å². The first-order valence-corrected chi connectivity index (χ1v) is 11.1. The predicted molar refractivity (Wildman–Crippen MR) is 135 cm³/mol. The van der Waals surface area contributed by atoms with Gasteiger partial charge in [-0.05, 0) is 56.7 Å². The van der Waals surface area contributed by atoms with Gasteiger partial charge >= 0.3 is 5.97 Å². The third kappa shape index (κ3) is 3.51. The van der Waals surface area contributed by atoms with Crippen molar-refractivity contribution in [3.05, 3.63) is 85.4 Å². The SMILES string of the molecule is CC(=O)c1cc2c(=O)c3cc(O)ccc3oc2c(C(C)=O)c1-c1coc2ccc(C)c(C(=O)O)c2c1=O. The minimum absolute atomic E-state index is 0.0172. The quantitative estimate of drug-likeness (QED) is 0.262. The number of hydrogen-bond donors (Lipinski definition) is 2. The number of carboxylic acids is 1. The number of aromatic hydroxyl groups is 1. The molecule has 2 aromatic heterocycles. The lowest BCUT2D eigenvalue weighted by molar-refractivity contribution is 0.0697. The summed E-state index contributed by atoms with van der Waals surface area (Å²) in [5.74, 6) is -2.68. The third-order valence-electron chi connectivity index (χ3n) is 6.31. The van der Waals surface area contributed by atoms with E-state index >= 15 is 0 Å². The van der Waals surface area contributed by atoms with Crippen LogP contribution in [0.1, 0.15) is 50.5 Å². The topological polar surface area (TPSA) is 152 Å². The van der Waals surface area contributed by atoms with Crippen molar-refractivity contribution in [2.75, 3.05) is 0 Å². The molecule has 0 saturated carbocycles. The minimum Gasteiger partial charge on any atom is -0.508 e. The Morgan fingerprint density at radius 3 is 2.19 bits per heavy atom. The van der Waals surface area contributed by atoms with Crippen LogP contribution in [0.25, 0.3) is 44.0 Å². The van der Waals surface area contributed by atoms with E-state index < -0.39 is 28.4 Å². The Morgan fingerprint density at radius 1 is 0.838 bits per heavy atom. The number of aryl methyl sites for hydroxylation is 1. The second-order valence-corrected chi connectivity index (χ2v) is 8.69. The number of fused-ring (bicyclic) bond motifs is 3. The van der Waals surface area contributed by atoms with E-state index in [1.54, 1.807) is 0 Å². The maximum atomic E-state index is 13.7. The fraction of sp³-hybridized carbons (Fsp3) is 0.107. The molecule has 0 bridgehead atoms. The fourth-order valence-electron chi connectivity index (χ4n) is 4.64. The molecule has 2 N–H and O–H groups in total. The van der Waals surface area contributed by atoms with Crippen LogP contribution in [0, 0.1) is 6.92 Å². The van der Waals surface area contributed by atoms with Gasteiger partial charge in [-0.15, -0.1) is 0 Å². The van der Waals surface area contributed by atoms with Crippen LogP contribution in [-0.4, -0.2) is 27.7 Å². The van der Waals surface area contributed by atoms with Crippen LogP contribution in [0.2, 0.25) is 0 Å². The summed E-state index contributed by atoms with van der Waals surface area (Å²) in [6.45, 7) is 3.93. The summed E-state index contributed by atoms with van der Waals surface area (Å²) in [6.07, 6.45) is 1.06. The molecule has 184 valence electrons. The summed E-state index contributed by atoms with van der Waals surface area (Å²) >= 11 is 0. The van der Waals surface area contributed by atoms with E-state index in [1.165, 1.54) is 57.2 Å². The molecule has 0 saturated heterocycles. The molecular weight excluding hydrogens is 480 g/mol. The normalized spacial score (nSPS) is 11.3. The average molecular weight is 498 g/mol. The number of hydrogen-bond acceptors (Lipinski definition) is 8. The van der Waals surface area contributed by atoms with Gasteiger partial charge in [0.2, 0.25) is 10.9 Å². The van der Waals surface area contributed by atoms with Crippen molar-refractivity contribution in [3.8, 4) is 16.9 Å². The molecule has 5 aromatic rings. The number of carbonyl (C=O) groups is 3. The Balaban J connectivity index is 2.03. The highest BCUT2D eigenvalue weighted by molar-refractivity contribution is 6.17. The Kier molecular flexibility index (Phi) is 5.29. The maximum Gasteiger partial charge on any atom is 0.336 e. The highest BCUT2D eigenvalue weighted by atomic mass is 16.4. The van der Waals surface area contributed by atoms with E-state index in [2.05, 4.69) is 0 Å². The average Bonchev–Trinajstić information content (AvgIpc) is 2.83. The van der Waals surface area contributed by atoms with Crippen LogP contribution < -0.4 is 10.9 Å². The number of ketones is 2. The lowest BCUT2D eigenvalue weighted by atomic mass is 9.88. The van der Waals surface area contributed by atoms with E-state index in [-0.39, 0.29) is 66.5 Å².